The van der Waals surface area contributed by atoms with Crippen LogP contribution in [0.2, 0.25) is 0 Å². The van der Waals surface area contributed by atoms with Crippen molar-refractivity contribution in [1.82, 2.24) is 5.32 Å². The number of nitrogens with one attached hydrogen (secondary N) is 1. The number of rotatable bonds is 7. The van der Waals surface area contributed by atoms with Gasteiger partial charge in [-0.1, -0.05) is 28.9 Å². The molecular weight excluding hydrogens is 316 g/mol. The molecule has 0 radical (unpaired) electrons. The topological polar surface area (TPSA) is 35.5 Å². The average Bonchev–Trinajstić information content (AvgIpc) is 2.36. The predicted octanol–water partition coefficient (Wildman–Crippen LogP) is 3.55. The third-order valence-electron chi connectivity index (χ3n) is 3.07. The Bertz CT molecular complexity index is 409. The minimum absolute atomic E-state index is 0.114. The zero-order chi connectivity index (χ0) is 15.2. The summed E-state index contributed by atoms with van der Waals surface area (Å²) in [4.78, 5) is 2.21. The molecule has 114 valence electrons. The molecule has 0 spiro atoms. The van der Waals surface area contributed by atoms with Crippen LogP contribution in [0, 0.1) is 0 Å². The zero-order valence-electron chi connectivity index (χ0n) is 13.0. The maximum Gasteiger partial charge on any atom is 0.0606 e. The number of benzene rings is 1. The van der Waals surface area contributed by atoms with Gasteiger partial charge in [-0.2, -0.15) is 0 Å². The third kappa shape index (κ3) is 5.81. The Morgan fingerprint density at radius 2 is 1.95 bits per heavy atom. The average molecular weight is 343 g/mol. The van der Waals surface area contributed by atoms with Crippen molar-refractivity contribution in [3.8, 4) is 0 Å². The Morgan fingerprint density at radius 3 is 2.45 bits per heavy atom. The molecule has 0 heterocycles. The molecule has 0 unspecified atom stereocenters. The summed E-state index contributed by atoms with van der Waals surface area (Å²) < 4.78 is 1.12. The van der Waals surface area contributed by atoms with Gasteiger partial charge < -0.3 is 15.3 Å². The van der Waals surface area contributed by atoms with E-state index in [2.05, 4.69) is 72.0 Å². The number of aliphatic hydroxyl groups is 1. The van der Waals surface area contributed by atoms with Crippen molar-refractivity contribution in [1.29, 1.82) is 0 Å². The largest absolute Gasteiger partial charge is 0.395 e. The van der Waals surface area contributed by atoms with E-state index in [-0.39, 0.29) is 12.1 Å². The van der Waals surface area contributed by atoms with E-state index >= 15 is 0 Å². The predicted molar refractivity (Wildman–Crippen MR) is 90.3 cm³/mol. The molecule has 0 bridgehead atoms. The Balaban J connectivity index is 2.80. The summed E-state index contributed by atoms with van der Waals surface area (Å²) in [5.41, 5.74) is 2.53. The molecule has 0 saturated heterocycles. The van der Waals surface area contributed by atoms with Crippen molar-refractivity contribution >= 4 is 21.6 Å². The Labute approximate surface area is 131 Å². The smallest absolute Gasteiger partial charge is 0.0606 e. The first-order valence-corrected chi connectivity index (χ1v) is 8.06. The van der Waals surface area contributed by atoms with Crippen LogP contribution in [0.25, 0.3) is 0 Å². The van der Waals surface area contributed by atoms with Crippen molar-refractivity contribution < 1.29 is 5.11 Å². The first kappa shape index (κ1) is 17.5. The molecular formula is C16H27BrN2O. The van der Waals surface area contributed by atoms with Crippen LogP contribution in [-0.2, 0) is 6.54 Å². The maximum absolute atomic E-state index is 9.16. The molecule has 0 amide bonds. The van der Waals surface area contributed by atoms with Crippen LogP contribution in [0.3, 0.4) is 0 Å². The Morgan fingerprint density at radius 1 is 1.25 bits per heavy atom. The van der Waals surface area contributed by atoms with Gasteiger partial charge in [0.1, 0.15) is 0 Å². The van der Waals surface area contributed by atoms with Crippen molar-refractivity contribution in [3.63, 3.8) is 0 Å². The molecule has 0 saturated carbocycles. The summed E-state index contributed by atoms with van der Waals surface area (Å²) in [6, 6.07) is 6.43. The number of hydrogen-bond acceptors (Lipinski definition) is 3. The van der Waals surface area contributed by atoms with Gasteiger partial charge in [-0.25, -0.2) is 0 Å². The molecule has 4 heteroatoms. The minimum Gasteiger partial charge on any atom is -0.395 e. The molecule has 0 atom stereocenters. The summed E-state index contributed by atoms with van der Waals surface area (Å²) in [7, 11) is 0. The van der Waals surface area contributed by atoms with Crippen LogP contribution >= 0.6 is 15.9 Å². The van der Waals surface area contributed by atoms with E-state index in [1.54, 1.807) is 0 Å². The van der Waals surface area contributed by atoms with Gasteiger partial charge in [0.05, 0.1) is 6.61 Å². The van der Waals surface area contributed by atoms with E-state index in [9.17, 15) is 0 Å². The van der Waals surface area contributed by atoms with E-state index in [0.29, 0.717) is 6.54 Å². The summed E-state index contributed by atoms with van der Waals surface area (Å²) >= 11 is 3.66. The van der Waals surface area contributed by atoms with Crippen LogP contribution in [0.15, 0.2) is 22.7 Å². The molecule has 0 aliphatic rings. The molecule has 2 N–H and O–H groups in total. The number of aliphatic hydroxyl groups excluding tert-OH is 1. The van der Waals surface area contributed by atoms with Gasteiger partial charge in [0.2, 0.25) is 0 Å². The van der Waals surface area contributed by atoms with Gasteiger partial charge in [-0.3, -0.25) is 0 Å². The third-order valence-corrected chi connectivity index (χ3v) is 3.81. The van der Waals surface area contributed by atoms with E-state index in [0.717, 1.165) is 29.7 Å². The molecule has 3 nitrogen and oxygen atoms in total. The van der Waals surface area contributed by atoms with Crippen LogP contribution < -0.4 is 10.2 Å². The standard InChI is InChI=1S/C16H27BrN2O/c1-5-8-19(9-10-20)14-7-6-13(15(17)11-14)12-18-16(2,3)4/h6-7,11,18,20H,5,8-10,12H2,1-4H3. The quantitative estimate of drug-likeness (QED) is 0.795. The molecule has 1 aromatic carbocycles. The fourth-order valence-electron chi connectivity index (χ4n) is 2.00. The Hall–Kier alpha value is -0.580. The highest BCUT2D eigenvalue weighted by Crippen LogP contribution is 2.24. The molecule has 1 aromatic rings. The number of halogens is 1. The SMILES string of the molecule is CCCN(CCO)c1ccc(CNC(C)(C)C)c(Br)c1. The molecule has 0 fully saturated rings. The van der Waals surface area contributed by atoms with Gasteiger partial charge in [0, 0.05) is 35.3 Å². The van der Waals surface area contributed by atoms with E-state index in [1.165, 1.54) is 5.56 Å². The highest BCUT2D eigenvalue weighted by molar-refractivity contribution is 9.10. The van der Waals surface area contributed by atoms with Crippen molar-refractivity contribution in [2.24, 2.45) is 0 Å². The van der Waals surface area contributed by atoms with E-state index in [1.807, 2.05) is 0 Å². The molecule has 0 aliphatic heterocycles. The van der Waals surface area contributed by atoms with Crippen molar-refractivity contribution in [2.45, 2.75) is 46.2 Å². The van der Waals surface area contributed by atoms with Crippen molar-refractivity contribution in [2.75, 3.05) is 24.6 Å². The normalized spacial score (nSPS) is 11.7. The molecule has 1 rings (SSSR count). The second-order valence-corrected chi connectivity index (χ2v) is 6.94. The van der Waals surface area contributed by atoms with E-state index in [4.69, 9.17) is 5.11 Å². The lowest BCUT2D eigenvalue weighted by atomic mass is 10.1. The van der Waals surface area contributed by atoms with Gasteiger partial charge in [-0.15, -0.1) is 0 Å². The maximum atomic E-state index is 9.16. The number of nitrogens with zero attached hydrogens (tertiary/aromatic N) is 1. The first-order chi connectivity index (χ1) is 9.37. The number of anilines is 1. The van der Waals surface area contributed by atoms with Gasteiger partial charge in [0.25, 0.3) is 0 Å². The van der Waals surface area contributed by atoms with Gasteiger partial charge in [0.15, 0.2) is 0 Å². The summed E-state index contributed by atoms with van der Waals surface area (Å²) in [5.74, 6) is 0. The van der Waals surface area contributed by atoms with Crippen LogP contribution in [0.1, 0.15) is 39.7 Å². The lowest BCUT2D eigenvalue weighted by molar-refractivity contribution is 0.302. The van der Waals surface area contributed by atoms with Crippen LogP contribution in [0.4, 0.5) is 5.69 Å². The lowest BCUT2D eigenvalue weighted by Crippen LogP contribution is -2.35. The fourth-order valence-corrected chi connectivity index (χ4v) is 2.50. The second kappa shape index (κ2) is 8.01. The Kier molecular flexibility index (Phi) is 7.00. The summed E-state index contributed by atoms with van der Waals surface area (Å²) in [6.07, 6.45) is 1.07. The van der Waals surface area contributed by atoms with Crippen molar-refractivity contribution in [3.05, 3.63) is 28.2 Å². The monoisotopic (exact) mass is 342 g/mol. The molecule has 0 aliphatic carbocycles. The van der Waals surface area contributed by atoms with Crippen LogP contribution in [-0.4, -0.2) is 30.3 Å². The van der Waals surface area contributed by atoms with Gasteiger partial charge in [-0.05, 0) is 44.9 Å². The highest BCUT2D eigenvalue weighted by Gasteiger charge is 2.11. The first-order valence-electron chi connectivity index (χ1n) is 7.26. The minimum atomic E-state index is 0.114. The fraction of sp³-hybridized carbons (Fsp3) is 0.625. The van der Waals surface area contributed by atoms with E-state index < -0.39 is 0 Å². The molecule has 0 aromatic heterocycles. The second-order valence-electron chi connectivity index (χ2n) is 6.09. The van der Waals surface area contributed by atoms with Crippen LogP contribution in [0.5, 0.6) is 0 Å². The summed E-state index contributed by atoms with van der Waals surface area (Å²) in [6.45, 7) is 11.3. The summed E-state index contributed by atoms with van der Waals surface area (Å²) in [5, 5.41) is 12.7. The molecule has 20 heavy (non-hydrogen) atoms. The highest BCUT2D eigenvalue weighted by atomic mass is 79.9. The van der Waals surface area contributed by atoms with Gasteiger partial charge >= 0.3 is 0 Å². The lowest BCUT2D eigenvalue weighted by Gasteiger charge is -2.25. The zero-order valence-corrected chi connectivity index (χ0v) is 14.6. The number of hydrogen-bond donors (Lipinski definition) is 2.